The van der Waals surface area contributed by atoms with E-state index in [-0.39, 0.29) is 6.10 Å². The molecule has 0 aliphatic carbocycles. The van der Waals surface area contributed by atoms with E-state index in [0.29, 0.717) is 19.2 Å². The second-order valence-electron chi connectivity index (χ2n) is 5.05. The standard InChI is InChI=1S/C15H18N2O2/c1-11-3-5-13(6-4-11)9-18-14-8-17-7-12(2)16-15(17)19-10-14/h3-7,14H,8-10H2,1-2H3/t14-/m0/s1. The van der Waals surface area contributed by atoms with Gasteiger partial charge in [-0.15, -0.1) is 0 Å². The van der Waals surface area contributed by atoms with Gasteiger partial charge in [-0.1, -0.05) is 29.8 Å². The van der Waals surface area contributed by atoms with Crippen molar-refractivity contribution in [1.82, 2.24) is 9.55 Å². The van der Waals surface area contributed by atoms with E-state index in [1.165, 1.54) is 11.1 Å². The molecule has 0 N–H and O–H groups in total. The van der Waals surface area contributed by atoms with E-state index in [9.17, 15) is 0 Å². The van der Waals surface area contributed by atoms with Crippen molar-refractivity contribution in [2.24, 2.45) is 0 Å². The molecule has 4 nitrogen and oxygen atoms in total. The molecule has 3 rings (SSSR count). The fraction of sp³-hybridized carbons (Fsp3) is 0.400. The Hall–Kier alpha value is -1.81. The summed E-state index contributed by atoms with van der Waals surface area (Å²) in [6, 6.07) is 9.12. The van der Waals surface area contributed by atoms with Crippen molar-refractivity contribution in [2.45, 2.75) is 33.1 Å². The third-order valence-corrected chi connectivity index (χ3v) is 3.27. The summed E-state index contributed by atoms with van der Waals surface area (Å²) in [5.41, 5.74) is 3.44. The molecule has 0 saturated carbocycles. The molecule has 4 heteroatoms. The Kier molecular flexibility index (Phi) is 3.25. The van der Waals surface area contributed by atoms with Gasteiger partial charge >= 0.3 is 0 Å². The summed E-state index contributed by atoms with van der Waals surface area (Å²) < 4.78 is 13.5. The lowest BCUT2D eigenvalue weighted by Gasteiger charge is -2.24. The molecule has 1 aliphatic rings. The highest BCUT2D eigenvalue weighted by Crippen LogP contribution is 2.19. The van der Waals surface area contributed by atoms with E-state index in [1.54, 1.807) is 0 Å². The lowest BCUT2D eigenvalue weighted by atomic mass is 10.2. The van der Waals surface area contributed by atoms with E-state index in [0.717, 1.165) is 12.2 Å². The largest absolute Gasteiger partial charge is 0.462 e. The van der Waals surface area contributed by atoms with Gasteiger partial charge in [-0.3, -0.25) is 4.57 Å². The highest BCUT2D eigenvalue weighted by atomic mass is 16.5. The summed E-state index contributed by atoms with van der Waals surface area (Å²) in [5, 5.41) is 0. The first-order valence-corrected chi connectivity index (χ1v) is 6.54. The van der Waals surface area contributed by atoms with Crippen LogP contribution in [0.3, 0.4) is 0 Å². The monoisotopic (exact) mass is 258 g/mol. The Morgan fingerprint density at radius 2 is 2.11 bits per heavy atom. The number of nitrogens with zero attached hydrogens (tertiary/aromatic N) is 2. The van der Waals surface area contributed by atoms with Crippen LogP contribution in [-0.2, 0) is 17.9 Å². The first-order valence-electron chi connectivity index (χ1n) is 6.54. The molecule has 0 bridgehead atoms. The molecule has 100 valence electrons. The maximum atomic E-state index is 5.90. The van der Waals surface area contributed by atoms with Crippen molar-refractivity contribution in [3.63, 3.8) is 0 Å². The molecule has 19 heavy (non-hydrogen) atoms. The first-order chi connectivity index (χ1) is 9.20. The zero-order valence-electron chi connectivity index (χ0n) is 11.3. The Labute approximate surface area is 113 Å². The van der Waals surface area contributed by atoms with Crippen LogP contribution in [0.25, 0.3) is 0 Å². The van der Waals surface area contributed by atoms with Crippen molar-refractivity contribution in [3.8, 4) is 6.01 Å². The van der Waals surface area contributed by atoms with E-state index < -0.39 is 0 Å². The zero-order valence-corrected chi connectivity index (χ0v) is 11.3. The van der Waals surface area contributed by atoms with Crippen LogP contribution in [0.5, 0.6) is 6.01 Å². The van der Waals surface area contributed by atoms with Gasteiger partial charge in [0.15, 0.2) is 0 Å². The number of hydrogen-bond donors (Lipinski definition) is 0. The van der Waals surface area contributed by atoms with E-state index in [4.69, 9.17) is 9.47 Å². The minimum absolute atomic E-state index is 0.0856. The molecule has 1 aromatic carbocycles. The molecule has 0 saturated heterocycles. The molecule has 2 heterocycles. The highest BCUT2D eigenvalue weighted by Gasteiger charge is 2.21. The number of imidazole rings is 1. The van der Waals surface area contributed by atoms with Crippen LogP contribution >= 0.6 is 0 Å². The van der Waals surface area contributed by atoms with Crippen LogP contribution in [0.15, 0.2) is 30.5 Å². The second-order valence-corrected chi connectivity index (χ2v) is 5.05. The first kappa shape index (κ1) is 12.2. The number of rotatable bonds is 3. The van der Waals surface area contributed by atoms with Gasteiger partial charge in [0, 0.05) is 6.20 Å². The molecule has 0 spiro atoms. The van der Waals surface area contributed by atoms with Gasteiger partial charge < -0.3 is 9.47 Å². The normalized spacial score (nSPS) is 17.9. The fourth-order valence-electron chi connectivity index (χ4n) is 2.21. The summed E-state index contributed by atoms with van der Waals surface area (Å²) >= 11 is 0. The van der Waals surface area contributed by atoms with Crippen LogP contribution in [0.4, 0.5) is 0 Å². The van der Waals surface area contributed by atoms with Crippen molar-refractivity contribution in [1.29, 1.82) is 0 Å². The minimum Gasteiger partial charge on any atom is -0.462 e. The van der Waals surface area contributed by atoms with Crippen LogP contribution in [0.1, 0.15) is 16.8 Å². The van der Waals surface area contributed by atoms with Crippen molar-refractivity contribution in [2.75, 3.05) is 6.61 Å². The van der Waals surface area contributed by atoms with Gasteiger partial charge in [0.25, 0.3) is 6.01 Å². The quantitative estimate of drug-likeness (QED) is 0.848. The average molecular weight is 258 g/mol. The Bertz CT molecular complexity index is 560. The van der Waals surface area contributed by atoms with Crippen molar-refractivity contribution < 1.29 is 9.47 Å². The third kappa shape index (κ3) is 2.79. The highest BCUT2D eigenvalue weighted by molar-refractivity contribution is 5.20. The Morgan fingerprint density at radius 3 is 2.89 bits per heavy atom. The maximum Gasteiger partial charge on any atom is 0.296 e. The van der Waals surface area contributed by atoms with Crippen molar-refractivity contribution >= 4 is 0 Å². The topological polar surface area (TPSA) is 36.3 Å². The Balaban J connectivity index is 1.58. The van der Waals surface area contributed by atoms with Crippen LogP contribution < -0.4 is 4.74 Å². The van der Waals surface area contributed by atoms with Crippen LogP contribution in [0.2, 0.25) is 0 Å². The van der Waals surface area contributed by atoms with Gasteiger partial charge in [-0.05, 0) is 19.4 Å². The molecular formula is C15H18N2O2. The summed E-state index contributed by atoms with van der Waals surface area (Å²) in [5.74, 6) is 0. The predicted octanol–water partition coefficient (Wildman–Crippen LogP) is 2.48. The van der Waals surface area contributed by atoms with Gasteiger partial charge in [0.1, 0.15) is 12.7 Å². The lowest BCUT2D eigenvalue weighted by molar-refractivity contribution is -0.0201. The second kappa shape index (κ2) is 5.05. The number of fused-ring (bicyclic) bond motifs is 1. The molecule has 1 aliphatic heterocycles. The third-order valence-electron chi connectivity index (χ3n) is 3.27. The number of ether oxygens (including phenoxy) is 2. The number of aryl methyl sites for hydroxylation is 2. The van der Waals surface area contributed by atoms with Gasteiger partial charge in [-0.2, -0.15) is 0 Å². The summed E-state index contributed by atoms with van der Waals surface area (Å²) in [7, 11) is 0. The van der Waals surface area contributed by atoms with Crippen LogP contribution in [0, 0.1) is 13.8 Å². The molecule has 2 aromatic rings. The molecule has 0 unspecified atom stereocenters. The average Bonchev–Trinajstić information content (AvgIpc) is 2.77. The number of benzene rings is 1. The van der Waals surface area contributed by atoms with Crippen molar-refractivity contribution in [3.05, 3.63) is 47.3 Å². The summed E-state index contributed by atoms with van der Waals surface area (Å²) in [6.45, 7) is 6.06. The molecule has 1 atom stereocenters. The van der Waals surface area contributed by atoms with Gasteiger partial charge in [-0.25, -0.2) is 4.98 Å². The lowest BCUT2D eigenvalue weighted by Crippen LogP contribution is -2.32. The summed E-state index contributed by atoms with van der Waals surface area (Å²) in [6.07, 6.45) is 2.08. The zero-order chi connectivity index (χ0) is 13.2. The van der Waals surface area contributed by atoms with E-state index >= 15 is 0 Å². The van der Waals surface area contributed by atoms with Gasteiger partial charge in [0.05, 0.1) is 18.8 Å². The molecule has 0 amide bonds. The number of aromatic nitrogens is 2. The van der Waals surface area contributed by atoms with E-state index in [1.807, 2.05) is 17.7 Å². The van der Waals surface area contributed by atoms with Gasteiger partial charge in [0.2, 0.25) is 0 Å². The minimum atomic E-state index is 0.0856. The van der Waals surface area contributed by atoms with E-state index in [2.05, 4.69) is 36.2 Å². The molecule has 0 radical (unpaired) electrons. The molecule has 1 aromatic heterocycles. The summed E-state index contributed by atoms with van der Waals surface area (Å²) in [4.78, 5) is 4.30. The SMILES string of the molecule is Cc1ccc(CO[C@@H]2COc3nc(C)cn3C2)cc1. The molecule has 0 fully saturated rings. The Morgan fingerprint density at radius 1 is 1.32 bits per heavy atom. The van der Waals surface area contributed by atoms with Crippen LogP contribution in [-0.4, -0.2) is 22.3 Å². The number of hydrogen-bond acceptors (Lipinski definition) is 3. The maximum absolute atomic E-state index is 5.90. The smallest absolute Gasteiger partial charge is 0.296 e. The fourth-order valence-corrected chi connectivity index (χ4v) is 2.21. The predicted molar refractivity (Wildman–Crippen MR) is 72.2 cm³/mol. The molecular weight excluding hydrogens is 240 g/mol.